The minimum atomic E-state index is 0.0520. The van der Waals surface area contributed by atoms with Gasteiger partial charge in [-0.1, -0.05) is 32.0 Å². The van der Waals surface area contributed by atoms with Crippen LogP contribution in [-0.2, 0) is 11.3 Å². The van der Waals surface area contributed by atoms with Crippen LogP contribution in [0.4, 0.5) is 0 Å². The maximum atomic E-state index is 11.9. The molecule has 1 aliphatic heterocycles. The number of likely N-dealkylation sites (tertiary alicyclic amines) is 1. The van der Waals surface area contributed by atoms with Gasteiger partial charge in [-0.3, -0.25) is 4.79 Å². The first-order chi connectivity index (χ1) is 10.2. The molecule has 1 aromatic heterocycles. The van der Waals surface area contributed by atoms with E-state index in [0.29, 0.717) is 6.42 Å². The molecule has 0 radical (unpaired) electrons. The highest BCUT2D eigenvalue weighted by molar-refractivity contribution is 5.80. The van der Waals surface area contributed by atoms with Crippen molar-refractivity contribution in [1.29, 1.82) is 0 Å². The van der Waals surface area contributed by atoms with E-state index < -0.39 is 0 Å². The maximum Gasteiger partial charge on any atom is 0.224 e. The number of piperidine rings is 1. The fraction of sp³-hybridized carbons (Fsp3) is 0.471. The van der Waals surface area contributed by atoms with Gasteiger partial charge in [0.1, 0.15) is 0 Å². The quantitative estimate of drug-likeness (QED) is 0.943. The molecule has 2 aromatic rings. The van der Waals surface area contributed by atoms with Crippen LogP contribution in [0.2, 0.25) is 0 Å². The van der Waals surface area contributed by atoms with Gasteiger partial charge >= 0.3 is 0 Å². The molecular weight excluding hydrogens is 262 g/mol. The second-order valence-electron chi connectivity index (χ2n) is 5.20. The minimum Gasteiger partial charge on any atom is -0.346 e. The molecule has 1 amide bonds. The predicted molar refractivity (Wildman–Crippen MR) is 87.1 cm³/mol. The summed E-state index contributed by atoms with van der Waals surface area (Å²) in [7, 11) is 0. The zero-order valence-electron chi connectivity index (χ0n) is 13.0. The highest BCUT2D eigenvalue weighted by atomic mass is 16.2. The van der Waals surface area contributed by atoms with E-state index in [2.05, 4.69) is 29.0 Å². The molecular formula is C17H25N3O. The summed E-state index contributed by atoms with van der Waals surface area (Å²) in [6.45, 7) is 6.40. The second kappa shape index (κ2) is 7.27. The van der Waals surface area contributed by atoms with Crippen LogP contribution in [0, 0.1) is 0 Å². The summed E-state index contributed by atoms with van der Waals surface area (Å²) < 4.78 is 2.21. The Morgan fingerprint density at radius 1 is 1.19 bits per heavy atom. The largest absolute Gasteiger partial charge is 0.346 e. The first-order valence-corrected chi connectivity index (χ1v) is 7.81. The molecule has 1 fully saturated rings. The zero-order chi connectivity index (χ0) is 15.2. The second-order valence-corrected chi connectivity index (χ2v) is 5.20. The number of hydrogen-bond donors (Lipinski definition) is 1. The standard InChI is InChI=1S/C15H19N3O.C2H6/c16-13-6-8-18(15(19)11-13)10-9-17-7-5-12-3-1-2-4-14(12)17;1-2/h1-5,7,13H,6,8-11,16H2;1-2H3. The topological polar surface area (TPSA) is 51.3 Å². The molecule has 0 saturated carbocycles. The van der Waals surface area contributed by atoms with Crippen LogP contribution < -0.4 is 5.73 Å². The van der Waals surface area contributed by atoms with Gasteiger partial charge in [0.05, 0.1) is 0 Å². The number of para-hydroxylation sites is 1. The van der Waals surface area contributed by atoms with Gasteiger partial charge in [0, 0.05) is 43.8 Å². The first kappa shape index (κ1) is 15.6. The Kier molecular flexibility index (Phi) is 5.39. The van der Waals surface area contributed by atoms with Crippen LogP contribution in [0.15, 0.2) is 36.5 Å². The number of nitrogens with zero attached hydrogens (tertiary/aromatic N) is 2. The van der Waals surface area contributed by atoms with Gasteiger partial charge in [0.2, 0.25) is 5.91 Å². The highest BCUT2D eigenvalue weighted by Crippen LogP contribution is 2.16. The molecule has 1 aliphatic rings. The molecule has 0 aliphatic carbocycles. The minimum absolute atomic E-state index is 0.0520. The Bertz CT molecular complexity index is 590. The molecule has 1 saturated heterocycles. The van der Waals surface area contributed by atoms with E-state index >= 15 is 0 Å². The predicted octanol–water partition coefficient (Wildman–Crippen LogP) is 2.62. The lowest BCUT2D eigenvalue weighted by Crippen LogP contribution is -2.44. The summed E-state index contributed by atoms with van der Waals surface area (Å²) in [5, 5.41) is 1.24. The smallest absolute Gasteiger partial charge is 0.224 e. The van der Waals surface area contributed by atoms with Crippen molar-refractivity contribution in [2.75, 3.05) is 13.1 Å². The molecule has 2 heterocycles. The SMILES string of the molecule is CC.NC1CCN(CCn2ccc3ccccc32)C(=O)C1. The highest BCUT2D eigenvalue weighted by Gasteiger charge is 2.22. The number of fused-ring (bicyclic) bond motifs is 1. The molecule has 114 valence electrons. The van der Waals surface area contributed by atoms with E-state index in [4.69, 9.17) is 5.73 Å². The van der Waals surface area contributed by atoms with E-state index in [1.807, 2.05) is 30.9 Å². The van der Waals surface area contributed by atoms with Crippen molar-refractivity contribution < 1.29 is 4.79 Å². The number of rotatable bonds is 3. The molecule has 4 heteroatoms. The molecule has 1 atom stereocenters. The summed E-state index contributed by atoms with van der Waals surface area (Å²) in [5.41, 5.74) is 7.03. The summed E-state index contributed by atoms with van der Waals surface area (Å²) in [6.07, 6.45) is 3.50. The first-order valence-electron chi connectivity index (χ1n) is 7.81. The van der Waals surface area contributed by atoms with Gasteiger partial charge in [-0.2, -0.15) is 0 Å². The number of nitrogens with two attached hydrogens (primary N) is 1. The van der Waals surface area contributed by atoms with Crippen molar-refractivity contribution in [1.82, 2.24) is 9.47 Å². The van der Waals surface area contributed by atoms with E-state index in [1.165, 1.54) is 10.9 Å². The third-order valence-corrected chi connectivity index (χ3v) is 3.85. The van der Waals surface area contributed by atoms with Crippen LogP contribution in [0.1, 0.15) is 26.7 Å². The van der Waals surface area contributed by atoms with Crippen molar-refractivity contribution in [3.63, 3.8) is 0 Å². The van der Waals surface area contributed by atoms with E-state index in [1.54, 1.807) is 0 Å². The lowest BCUT2D eigenvalue weighted by Gasteiger charge is -2.30. The van der Waals surface area contributed by atoms with Crippen LogP contribution in [-0.4, -0.2) is 34.5 Å². The van der Waals surface area contributed by atoms with Crippen LogP contribution >= 0.6 is 0 Å². The molecule has 1 unspecified atom stereocenters. The Balaban J connectivity index is 0.000000774. The summed E-state index contributed by atoms with van der Waals surface area (Å²) in [4.78, 5) is 13.8. The number of carbonyl (C=O) groups excluding carboxylic acids is 1. The third-order valence-electron chi connectivity index (χ3n) is 3.85. The summed E-state index contributed by atoms with van der Waals surface area (Å²) in [5.74, 6) is 0.190. The molecule has 21 heavy (non-hydrogen) atoms. The van der Waals surface area contributed by atoms with Crippen LogP contribution in [0.25, 0.3) is 10.9 Å². The Morgan fingerprint density at radius 2 is 1.95 bits per heavy atom. The van der Waals surface area contributed by atoms with E-state index in [0.717, 1.165) is 26.1 Å². The number of amides is 1. The van der Waals surface area contributed by atoms with Gasteiger partial charge in [0.25, 0.3) is 0 Å². The van der Waals surface area contributed by atoms with Gasteiger partial charge in [0.15, 0.2) is 0 Å². The molecule has 0 spiro atoms. The lowest BCUT2D eigenvalue weighted by molar-refractivity contribution is -0.133. The fourth-order valence-corrected chi connectivity index (χ4v) is 2.70. The van der Waals surface area contributed by atoms with Crippen molar-refractivity contribution in [2.24, 2.45) is 5.73 Å². The van der Waals surface area contributed by atoms with Crippen molar-refractivity contribution in [3.8, 4) is 0 Å². The Morgan fingerprint density at radius 3 is 2.71 bits per heavy atom. The van der Waals surface area contributed by atoms with Gasteiger partial charge < -0.3 is 15.2 Å². The molecule has 3 rings (SSSR count). The zero-order valence-corrected chi connectivity index (χ0v) is 13.0. The molecule has 2 N–H and O–H groups in total. The fourth-order valence-electron chi connectivity index (χ4n) is 2.70. The van der Waals surface area contributed by atoms with Crippen molar-refractivity contribution in [3.05, 3.63) is 36.5 Å². The average molecular weight is 287 g/mol. The Labute approximate surface area is 126 Å². The molecule has 4 nitrogen and oxygen atoms in total. The van der Waals surface area contributed by atoms with Crippen molar-refractivity contribution in [2.45, 2.75) is 39.3 Å². The van der Waals surface area contributed by atoms with E-state index in [9.17, 15) is 4.79 Å². The van der Waals surface area contributed by atoms with Crippen molar-refractivity contribution >= 4 is 16.8 Å². The monoisotopic (exact) mass is 287 g/mol. The molecule has 1 aromatic carbocycles. The molecule has 0 bridgehead atoms. The number of aromatic nitrogens is 1. The number of hydrogen-bond acceptors (Lipinski definition) is 2. The van der Waals surface area contributed by atoms with Crippen LogP contribution in [0.3, 0.4) is 0 Å². The number of benzene rings is 1. The van der Waals surface area contributed by atoms with Crippen LogP contribution in [0.5, 0.6) is 0 Å². The third kappa shape index (κ3) is 3.64. The van der Waals surface area contributed by atoms with Gasteiger partial charge in [-0.25, -0.2) is 0 Å². The number of carbonyl (C=O) groups is 1. The average Bonchev–Trinajstić information content (AvgIpc) is 2.92. The van der Waals surface area contributed by atoms with E-state index in [-0.39, 0.29) is 11.9 Å². The lowest BCUT2D eigenvalue weighted by atomic mass is 10.1. The Hall–Kier alpha value is -1.81. The van der Waals surface area contributed by atoms with Gasteiger partial charge in [-0.05, 0) is 23.9 Å². The van der Waals surface area contributed by atoms with Gasteiger partial charge in [-0.15, -0.1) is 0 Å². The summed E-state index contributed by atoms with van der Waals surface area (Å²) >= 11 is 0. The maximum absolute atomic E-state index is 11.9. The normalized spacial score (nSPS) is 18.5. The summed E-state index contributed by atoms with van der Waals surface area (Å²) in [6, 6.07) is 10.5.